The lowest BCUT2D eigenvalue weighted by Gasteiger charge is -2.19. The monoisotopic (exact) mass is 321 g/mol. The molecule has 0 spiro atoms. The van der Waals surface area contributed by atoms with Gasteiger partial charge in [-0.3, -0.25) is 0 Å². The second kappa shape index (κ2) is 6.61. The van der Waals surface area contributed by atoms with E-state index >= 15 is 0 Å². The van der Waals surface area contributed by atoms with Crippen molar-refractivity contribution in [1.29, 1.82) is 0 Å². The summed E-state index contributed by atoms with van der Waals surface area (Å²) in [6, 6.07) is 10.9. The second-order valence-corrected chi connectivity index (χ2v) is 6.50. The van der Waals surface area contributed by atoms with Crippen LogP contribution in [0.3, 0.4) is 0 Å². The highest BCUT2D eigenvalue weighted by Gasteiger charge is 2.19. The molecule has 3 aromatic rings. The molecule has 0 aromatic carbocycles. The molecule has 4 rings (SSSR count). The van der Waals surface area contributed by atoms with Crippen molar-refractivity contribution in [2.24, 2.45) is 0 Å². The topological polar surface area (TPSA) is 56.8 Å². The fourth-order valence-electron chi connectivity index (χ4n) is 3.58. The van der Waals surface area contributed by atoms with Gasteiger partial charge >= 0.3 is 0 Å². The molecule has 1 aliphatic heterocycles. The molecule has 0 bridgehead atoms. The van der Waals surface area contributed by atoms with E-state index in [-0.39, 0.29) is 0 Å². The number of aromatic amines is 1. The number of nitrogens with one attached hydrogen (secondary N) is 2. The zero-order chi connectivity index (χ0) is 16.4. The molecule has 124 valence electrons. The summed E-state index contributed by atoms with van der Waals surface area (Å²) in [5, 5.41) is 4.59. The Labute approximate surface area is 142 Å². The minimum atomic E-state index is 0.709. The Morgan fingerprint density at radius 1 is 1.29 bits per heavy atom. The summed E-state index contributed by atoms with van der Waals surface area (Å²) in [7, 11) is 2.22. The number of aromatic nitrogens is 3. The number of anilines is 1. The first-order valence-electron chi connectivity index (χ1n) is 8.65. The number of hydrogen-bond donors (Lipinski definition) is 2. The lowest BCUT2D eigenvalue weighted by atomic mass is 10.1. The van der Waals surface area contributed by atoms with Crippen molar-refractivity contribution in [3.05, 3.63) is 42.7 Å². The molecular weight excluding hydrogens is 298 g/mol. The molecule has 1 aliphatic rings. The van der Waals surface area contributed by atoms with E-state index in [9.17, 15) is 0 Å². The predicted molar refractivity (Wildman–Crippen MR) is 98.1 cm³/mol. The van der Waals surface area contributed by atoms with Gasteiger partial charge in [0.15, 0.2) is 0 Å². The van der Waals surface area contributed by atoms with Crippen LogP contribution in [-0.4, -0.2) is 46.0 Å². The lowest BCUT2D eigenvalue weighted by Crippen LogP contribution is -2.27. The van der Waals surface area contributed by atoms with E-state index in [1.165, 1.54) is 25.8 Å². The van der Waals surface area contributed by atoms with Gasteiger partial charge in [0.2, 0.25) is 0 Å². The van der Waals surface area contributed by atoms with Crippen LogP contribution in [0.2, 0.25) is 0 Å². The first-order valence-corrected chi connectivity index (χ1v) is 8.65. The number of pyridine rings is 2. The molecule has 0 aliphatic carbocycles. The van der Waals surface area contributed by atoms with Crippen molar-refractivity contribution in [3.63, 3.8) is 0 Å². The van der Waals surface area contributed by atoms with E-state index in [1.807, 2.05) is 24.5 Å². The van der Waals surface area contributed by atoms with Gasteiger partial charge < -0.3 is 15.2 Å². The van der Waals surface area contributed by atoms with E-state index in [1.54, 1.807) is 0 Å². The highest BCUT2D eigenvalue weighted by molar-refractivity contribution is 5.91. The Morgan fingerprint density at radius 2 is 2.25 bits per heavy atom. The number of H-pyrrole nitrogens is 1. The average molecular weight is 321 g/mol. The smallest absolute Gasteiger partial charge is 0.137 e. The van der Waals surface area contributed by atoms with Gasteiger partial charge in [-0.1, -0.05) is 6.07 Å². The number of hydrogen-bond acceptors (Lipinski definition) is 4. The summed E-state index contributed by atoms with van der Waals surface area (Å²) in [6.07, 6.45) is 7.55. The van der Waals surface area contributed by atoms with Gasteiger partial charge in [0.05, 0.1) is 5.69 Å². The molecule has 2 N–H and O–H groups in total. The molecule has 1 saturated heterocycles. The fourth-order valence-corrected chi connectivity index (χ4v) is 3.58. The van der Waals surface area contributed by atoms with Crippen LogP contribution in [0.25, 0.3) is 22.3 Å². The summed E-state index contributed by atoms with van der Waals surface area (Å²) in [6.45, 7) is 2.19. The van der Waals surface area contributed by atoms with Crippen molar-refractivity contribution >= 4 is 16.9 Å². The molecule has 0 saturated carbocycles. The number of rotatable bonds is 5. The third-order valence-corrected chi connectivity index (χ3v) is 4.94. The van der Waals surface area contributed by atoms with E-state index in [0.29, 0.717) is 6.04 Å². The zero-order valence-electron chi connectivity index (χ0n) is 14.0. The summed E-state index contributed by atoms with van der Waals surface area (Å²) in [4.78, 5) is 14.8. The predicted octanol–water partition coefficient (Wildman–Crippen LogP) is 3.52. The van der Waals surface area contributed by atoms with Gasteiger partial charge in [-0.2, -0.15) is 0 Å². The van der Waals surface area contributed by atoms with Gasteiger partial charge in [0, 0.05) is 35.9 Å². The molecule has 0 radical (unpaired) electrons. The SMILES string of the molecule is CN1CCCC1CCNc1cccc(-c2ccnc3[nH]ccc23)n1. The normalized spacial score (nSPS) is 18.3. The maximum atomic E-state index is 4.79. The Bertz CT molecular complexity index is 825. The van der Waals surface area contributed by atoms with Crippen molar-refractivity contribution in [2.75, 3.05) is 25.5 Å². The van der Waals surface area contributed by atoms with E-state index < -0.39 is 0 Å². The summed E-state index contributed by atoms with van der Waals surface area (Å²) < 4.78 is 0. The minimum absolute atomic E-state index is 0.709. The first-order chi connectivity index (χ1) is 11.8. The third kappa shape index (κ3) is 2.99. The van der Waals surface area contributed by atoms with Crippen LogP contribution in [0.4, 0.5) is 5.82 Å². The van der Waals surface area contributed by atoms with Crippen molar-refractivity contribution < 1.29 is 0 Å². The number of fused-ring (bicyclic) bond motifs is 1. The van der Waals surface area contributed by atoms with Gasteiger partial charge in [-0.05, 0) is 57.1 Å². The minimum Gasteiger partial charge on any atom is -0.370 e. The van der Waals surface area contributed by atoms with Gasteiger partial charge in [0.1, 0.15) is 11.5 Å². The highest BCUT2D eigenvalue weighted by atomic mass is 15.1. The third-order valence-electron chi connectivity index (χ3n) is 4.94. The van der Waals surface area contributed by atoms with Gasteiger partial charge in [0.25, 0.3) is 0 Å². The fraction of sp³-hybridized carbons (Fsp3) is 0.368. The molecule has 5 heteroatoms. The molecular formula is C19H23N5. The summed E-state index contributed by atoms with van der Waals surface area (Å²) in [5.74, 6) is 0.939. The quantitative estimate of drug-likeness (QED) is 0.755. The lowest BCUT2D eigenvalue weighted by molar-refractivity contribution is 0.301. The second-order valence-electron chi connectivity index (χ2n) is 6.50. The molecule has 3 aromatic heterocycles. The van der Waals surface area contributed by atoms with Crippen molar-refractivity contribution in [1.82, 2.24) is 19.9 Å². The van der Waals surface area contributed by atoms with Crippen LogP contribution >= 0.6 is 0 Å². The average Bonchev–Trinajstić information content (AvgIpc) is 3.24. The van der Waals surface area contributed by atoms with E-state index in [2.05, 4.69) is 45.4 Å². The molecule has 4 heterocycles. The van der Waals surface area contributed by atoms with Crippen molar-refractivity contribution in [3.8, 4) is 11.3 Å². The highest BCUT2D eigenvalue weighted by Crippen LogP contribution is 2.26. The molecule has 1 unspecified atom stereocenters. The molecule has 1 fully saturated rings. The summed E-state index contributed by atoms with van der Waals surface area (Å²) in [5.41, 5.74) is 2.99. The van der Waals surface area contributed by atoms with Crippen LogP contribution < -0.4 is 5.32 Å². The summed E-state index contributed by atoms with van der Waals surface area (Å²) >= 11 is 0. The van der Waals surface area contributed by atoms with Crippen LogP contribution in [0.1, 0.15) is 19.3 Å². The van der Waals surface area contributed by atoms with E-state index in [0.717, 1.165) is 34.7 Å². The first kappa shape index (κ1) is 15.1. The van der Waals surface area contributed by atoms with Crippen LogP contribution in [0.15, 0.2) is 42.7 Å². The van der Waals surface area contributed by atoms with Crippen LogP contribution in [-0.2, 0) is 0 Å². The van der Waals surface area contributed by atoms with E-state index in [4.69, 9.17) is 4.98 Å². The molecule has 24 heavy (non-hydrogen) atoms. The number of likely N-dealkylation sites (tertiary alicyclic amines) is 1. The number of nitrogens with zero attached hydrogens (tertiary/aromatic N) is 3. The largest absolute Gasteiger partial charge is 0.370 e. The standard InChI is InChI=1S/C19H23N5/c1-24-13-3-4-14(24)7-10-20-18-6-2-5-17(23-18)15-8-11-21-19-16(15)9-12-22-19/h2,5-6,8-9,11-12,14H,3-4,7,10,13H2,1H3,(H,20,23)(H,21,22). The maximum absolute atomic E-state index is 4.79. The maximum Gasteiger partial charge on any atom is 0.137 e. The molecule has 5 nitrogen and oxygen atoms in total. The van der Waals surface area contributed by atoms with Crippen molar-refractivity contribution in [2.45, 2.75) is 25.3 Å². The van der Waals surface area contributed by atoms with Gasteiger partial charge in [-0.25, -0.2) is 9.97 Å². The zero-order valence-corrected chi connectivity index (χ0v) is 14.0. The van der Waals surface area contributed by atoms with Crippen LogP contribution in [0.5, 0.6) is 0 Å². The Kier molecular flexibility index (Phi) is 4.17. The van der Waals surface area contributed by atoms with Crippen LogP contribution in [0, 0.1) is 0 Å². The molecule has 0 amide bonds. The molecule has 1 atom stereocenters. The Morgan fingerprint density at radius 3 is 3.12 bits per heavy atom. The Balaban J connectivity index is 1.48. The Hall–Kier alpha value is -2.40. The van der Waals surface area contributed by atoms with Gasteiger partial charge in [-0.15, -0.1) is 0 Å².